The van der Waals surface area contributed by atoms with E-state index in [4.69, 9.17) is 9.72 Å². The zero-order valence-corrected chi connectivity index (χ0v) is 15.8. The van der Waals surface area contributed by atoms with Gasteiger partial charge in [0.2, 0.25) is 0 Å². The van der Waals surface area contributed by atoms with E-state index in [1.165, 1.54) is 31.4 Å². The fourth-order valence-electron chi connectivity index (χ4n) is 4.90. The van der Waals surface area contributed by atoms with E-state index in [9.17, 15) is 0 Å². The highest BCUT2D eigenvalue weighted by Crippen LogP contribution is 2.49. The molecule has 5 heteroatoms. The average molecular weight is 354 g/mol. The van der Waals surface area contributed by atoms with E-state index in [2.05, 4.69) is 28.6 Å². The minimum Gasteiger partial charge on any atom is -0.375 e. The van der Waals surface area contributed by atoms with Gasteiger partial charge in [-0.05, 0) is 56.8 Å². The third-order valence-electron chi connectivity index (χ3n) is 6.23. The van der Waals surface area contributed by atoms with Gasteiger partial charge in [0, 0.05) is 43.7 Å². The van der Waals surface area contributed by atoms with Gasteiger partial charge in [0.25, 0.3) is 0 Å². The van der Waals surface area contributed by atoms with Crippen molar-refractivity contribution in [1.82, 2.24) is 20.1 Å². The molecule has 4 rings (SSSR count). The van der Waals surface area contributed by atoms with Crippen molar-refractivity contribution in [2.24, 2.45) is 7.05 Å². The number of pyridine rings is 1. The molecule has 26 heavy (non-hydrogen) atoms. The summed E-state index contributed by atoms with van der Waals surface area (Å²) in [7, 11) is 1.96. The highest BCUT2D eigenvalue weighted by atomic mass is 16.5. The first-order chi connectivity index (χ1) is 12.7. The van der Waals surface area contributed by atoms with Gasteiger partial charge in [0.1, 0.15) is 0 Å². The van der Waals surface area contributed by atoms with Crippen LogP contribution in [0.2, 0.25) is 0 Å². The molecule has 0 radical (unpaired) electrons. The Morgan fingerprint density at radius 2 is 2.08 bits per heavy atom. The van der Waals surface area contributed by atoms with Crippen molar-refractivity contribution in [3.05, 3.63) is 48.0 Å². The maximum Gasteiger partial charge on any atom is 0.0762 e. The van der Waals surface area contributed by atoms with Crippen LogP contribution >= 0.6 is 0 Å². The van der Waals surface area contributed by atoms with Crippen LogP contribution in [0.25, 0.3) is 0 Å². The number of ether oxygens (including phenoxy) is 1. The Hall–Kier alpha value is -1.72. The van der Waals surface area contributed by atoms with E-state index in [1.54, 1.807) is 0 Å². The molecule has 1 aliphatic heterocycles. The summed E-state index contributed by atoms with van der Waals surface area (Å²) >= 11 is 0. The lowest BCUT2D eigenvalue weighted by Crippen LogP contribution is -2.47. The second-order valence-corrected chi connectivity index (χ2v) is 8.07. The lowest BCUT2D eigenvalue weighted by Gasteiger charge is -2.46. The zero-order valence-electron chi connectivity index (χ0n) is 15.8. The molecule has 2 aromatic heterocycles. The number of rotatable bonds is 6. The molecular weight excluding hydrogens is 324 g/mol. The Balaban J connectivity index is 1.46. The second kappa shape index (κ2) is 7.49. The van der Waals surface area contributed by atoms with Gasteiger partial charge < -0.3 is 10.1 Å². The van der Waals surface area contributed by atoms with Gasteiger partial charge in [0.05, 0.1) is 11.3 Å². The highest BCUT2D eigenvalue weighted by Gasteiger charge is 2.48. The van der Waals surface area contributed by atoms with Crippen molar-refractivity contribution in [3.8, 4) is 0 Å². The third-order valence-corrected chi connectivity index (χ3v) is 6.23. The summed E-state index contributed by atoms with van der Waals surface area (Å²) < 4.78 is 8.18. The molecule has 0 amide bonds. The number of hydrogen-bond donors (Lipinski definition) is 1. The van der Waals surface area contributed by atoms with Crippen LogP contribution < -0.4 is 5.32 Å². The summed E-state index contributed by atoms with van der Waals surface area (Å²) in [6.07, 6.45) is 12.2. The van der Waals surface area contributed by atoms with Crippen LogP contribution in [0.1, 0.15) is 56.3 Å². The van der Waals surface area contributed by atoms with Crippen LogP contribution in [0.4, 0.5) is 0 Å². The number of nitrogens with one attached hydrogen (secondary N) is 1. The number of nitrogens with zero attached hydrogens (tertiary/aromatic N) is 3. The second-order valence-electron chi connectivity index (χ2n) is 8.07. The SMILES string of the molecule is Cn1ccc(CNCCC2(c3ccccn3)CCOC3(CCCC3)C2)n1. The van der Waals surface area contributed by atoms with E-state index in [1.807, 2.05) is 30.2 Å². The predicted molar refractivity (Wildman–Crippen MR) is 102 cm³/mol. The molecule has 3 heterocycles. The Kier molecular flexibility index (Phi) is 5.09. The summed E-state index contributed by atoms with van der Waals surface area (Å²) in [4.78, 5) is 4.77. The van der Waals surface area contributed by atoms with Gasteiger partial charge >= 0.3 is 0 Å². The molecule has 1 saturated heterocycles. The standard InChI is InChI=1S/C21H30N4O/c1-25-14-7-18(24-25)16-22-13-10-20(19-6-2-5-12-23-19)11-15-26-21(17-20)8-3-4-9-21/h2,5-7,12,14,22H,3-4,8-11,13,15-17H2,1H3. The summed E-state index contributed by atoms with van der Waals surface area (Å²) in [6, 6.07) is 8.43. The molecular formula is C21H30N4O. The first-order valence-corrected chi connectivity index (χ1v) is 9.95. The topological polar surface area (TPSA) is 52.0 Å². The van der Waals surface area contributed by atoms with E-state index in [0.717, 1.165) is 44.7 Å². The predicted octanol–water partition coefficient (Wildman–Crippen LogP) is 3.36. The molecule has 0 bridgehead atoms. The molecule has 2 aliphatic rings. The van der Waals surface area contributed by atoms with Crippen molar-refractivity contribution >= 4 is 0 Å². The molecule has 140 valence electrons. The van der Waals surface area contributed by atoms with Crippen molar-refractivity contribution in [2.45, 2.75) is 62.5 Å². The minimum atomic E-state index is 0.0940. The van der Waals surface area contributed by atoms with Crippen molar-refractivity contribution in [2.75, 3.05) is 13.2 Å². The van der Waals surface area contributed by atoms with Crippen LogP contribution in [0.3, 0.4) is 0 Å². The molecule has 1 atom stereocenters. The van der Waals surface area contributed by atoms with Crippen molar-refractivity contribution in [3.63, 3.8) is 0 Å². The lowest BCUT2D eigenvalue weighted by atomic mass is 9.68. The summed E-state index contributed by atoms with van der Waals surface area (Å²) in [6.45, 7) is 2.65. The quantitative estimate of drug-likeness (QED) is 0.808. The summed E-state index contributed by atoms with van der Waals surface area (Å²) in [5.74, 6) is 0. The number of aryl methyl sites for hydroxylation is 1. The van der Waals surface area contributed by atoms with Crippen LogP contribution in [0.15, 0.2) is 36.7 Å². The highest BCUT2D eigenvalue weighted by molar-refractivity contribution is 5.20. The van der Waals surface area contributed by atoms with Crippen molar-refractivity contribution in [1.29, 1.82) is 0 Å². The lowest BCUT2D eigenvalue weighted by molar-refractivity contribution is -0.104. The Morgan fingerprint density at radius 3 is 2.81 bits per heavy atom. The molecule has 1 aliphatic carbocycles. The van der Waals surface area contributed by atoms with Crippen LogP contribution in [-0.2, 0) is 23.7 Å². The third kappa shape index (κ3) is 3.69. The Bertz CT molecular complexity index is 708. The number of hydrogen-bond acceptors (Lipinski definition) is 4. The minimum absolute atomic E-state index is 0.0940. The Labute approximate surface area is 156 Å². The molecule has 1 saturated carbocycles. The van der Waals surface area contributed by atoms with E-state index >= 15 is 0 Å². The van der Waals surface area contributed by atoms with Crippen LogP contribution in [0.5, 0.6) is 0 Å². The van der Waals surface area contributed by atoms with Gasteiger partial charge in [-0.2, -0.15) is 5.10 Å². The molecule has 1 unspecified atom stereocenters. The fraction of sp³-hybridized carbons (Fsp3) is 0.619. The molecule has 1 N–H and O–H groups in total. The maximum absolute atomic E-state index is 6.32. The average Bonchev–Trinajstić information content (AvgIpc) is 3.29. The monoisotopic (exact) mass is 354 g/mol. The molecule has 2 aromatic rings. The fourth-order valence-corrected chi connectivity index (χ4v) is 4.90. The normalized spacial score (nSPS) is 25.0. The van der Waals surface area contributed by atoms with Gasteiger partial charge in [-0.1, -0.05) is 18.9 Å². The smallest absolute Gasteiger partial charge is 0.0762 e. The summed E-state index contributed by atoms with van der Waals surface area (Å²) in [5, 5.41) is 8.04. The van der Waals surface area contributed by atoms with E-state index in [0.29, 0.717) is 0 Å². The molecule has 2 fully saturated rings. The number of aromatic nitrogens is 3. The Morgan fingerprint density at radius 1 is 1.19 bits per heavy atom. The van der Waals surface area contributed by atoms with Gasteiger partial charge in [-0.25, -0.2) is 0 Å². The molecule has 0 aromatic carbocycles. The van der Waals surface area contributed by atoms with Gasteiger partial charge in [-0.15, -0.1) is 0 Å². The first-order valence-electron chi connectivity index (χ1n) is 9.95. The summed E-state index contributed by atoms with van der Waals surface area (Å²) in [5.41, 5.74) is 2.56. The van der Waals surface area contributed by atoms with E-state index < -0.39 is 0 Å². The van der Waals surface area contributed by atoms with Crippen LogP contribution in [0, 0.1) is 0 Å². The first kappa shape index (κ1) is 17.7. The van der Waals surface area contributed by atoms with E-state index in [-0.39, 0.29) is 11.0 Å². The van der Waals surface area contributed by atoms with Gasteiger partial charge in [-0.3, -0.25) is 9.67 Å². The zero-order chi connectivity index (χ0) is 17.9. The van der Waals surface area contributed by atoms with Crippen molar-refractivity contribution < 1.29 is 4.74 Å². The molecule has 1 spiro atoms. The maximum atomic E-state index is 6.32. The van der Waals surface area contributed by atoms with Crippen LogP contribution in [-0.4, -0.2) is 33.5 Å². The van der Waals surface area contributed by atoms with Gasteiger partial charge in [0.15, 0.2) is 0 Å². The molecule has 5 nitrogen and oxygen atoms in total. The largest absolute Gasteiger partial charge is 0.375 e.